The topological polar surface area (TPSA) is 24.5 Å². The Bertz CT molecular complexity index is 461. The molecule has 1 aliphatic rings. The summed E-state index contributed by atoms with van der Waals surface area (Å²) in [4.78, 5) is 1.45. The molecular weight excluding hydrogens is 337 g/mol. The predicted octanol–water partition coefficient (Wildman–Crippen LogP) is 2.97. The molecule has 0 unspecified atom stereocenters. The molecule has 1 N–H and O–H groups in total. The van der Waals surface area contributed by atoms with E-state index in [0.717, 1.165) is 0 Å². The Morgan fingerprint density at radius 2 is 1.95 bits per heavy atom. The fourth-order valence-corrected chi connectivity index (χ4v) is 2.82. The Morgan fingerprint density at radius 3 is 2.50 bits per heavy atom. The third kappa shape index (κ3) is 3.45. The molecule has 1 saturated heterocycles. The molecule has 1 fully saturated rings. The van der Waals surface area contributed by atoms with Crippen molar-refractivity contribution in [2.45, 2.75) is 12.2 Å². The van der Waals surface area contributed by atoms with Gasteiger partial charge in [-0.2, -0.15) is 13.2 Å². The smallest absolute Gasteiger partial charge is 0.408 e. The molecule has 1 atom stereocenters. The van der Waals surface area contributed by atoms with E-state index in [1.807, 2.05) is 0 Å². The number of hydrogen-bond donors (Lipinski definition) is 1. The van der Waals surface area contributed by atoms with E-state index in [-0.39, 0.29) is 11.3 Å². The molecule has 3 nitrogen and oxygen atoms in total. The summed E-state index contributed by atoms with van der Waals surface area (Å²) in [6, 6.07) is 3.07. The van der Waals surface area contributed by atoms with Crippen LogP contribution in [0.25, 0.3) is 0 Å². The van der Waals surface area contributed by atoms with E-state index in [2.05, 4.69) is 21.2 Å². The minimum Gasteiger partial charge on any atom is -0.496 e. The van der Waals surface area contributed by atoms with E-state index in [1.54, 1.807) is 12.1 Å². The number of rotatable bonds is 3. The minimum absolute atomic E-state index is 0.149. The Kier molecular flexibility index (Phi) is 4.93. The Balaban J connectivity index is 2.43. The van der Waals surface area contributed by atoms with Crippen molar-refractivity contribution >= 4 is 15.9 Å². The summed E-state index contributed by atoms with van der Waals surface area (Å²) in [7, 11) is 1.39. The lowest BCUT2D eigenvalue weighted by Gasteiger charge is -2.36. The highest BCUT2D eigenvalue weighted by Gasteiger charge is 2.46. The van der Waals surface area contributed by atoms with Gasteiger partial charge in [0, 0.05) is 36.2 Å². The summed E-state index contributed by atoms with van der Waals surface area (Å²) in [6.07, 6.45) is -4.34. The number of piperazine rings is 1. The first-order valence-corrected chi connectivity index (χ1v) is 7.07. The van der Waals surface area contributed by atoms with Gasteiger partial charge in [0.2, 0.25) is 0 Å². The number of nitrogens with one attached hydrogen (secondary N) is 1. The number of halogens is 4. The lowest BCUT2D eigenvalue weighted by molar-refractivity contribution is -0.188. The Labute approximate surface area is 124 Å². The van der Waals surface area contributed by atoms with E-state index >= 15 is 0 Å². The van der Waals surface area contributed by atoms with Gasteiger partial charge >= 0.3 is 6.18 Å². The van der Waals surface area contributed by atoms with Gasteiger partial charge in [-0.3, -0.25) is 4.90 Å². The number of ether oxygens (including phenoxy) is 1. The van der Waals surface area contributed by atoms with Crippen LogP contribution >= 0.6 is 15.9 Å². The summed E-state index contributed by atoms with van der Waals surface area (Å²) in [6.45, 7) is 1.84. The van der Waals surface area contributed by atoms with Crippen LogP contribution in [0.15, 0.2) is 22.7 Å². The van der Waals surface area contributed by atoms with Gasteiger partial charge in [0.1, 0.15) is 11.8 Å². The van der Waals surface area contributed by atoms with E-state index in [4.69, 9.17) is 4.74 Å². The second-order valence-corrected chi connectivity index (χ2v) is 5.53. The molecule has 0 radical (unpaired) electrons. The van der Waals surface area contributed by atoms with Crippen molar-refractivity contribution in [1.29, 1.82) is 0 Å². The molecule has 7 heteroatoms. The zero-order valence-corrected chi connectivity index (χ0v) is 12.6. The van der Waals surface area contributed by atoms with Crippen molar-refractivity contribution in [3.05, 3.63) is 28.2 Å². The van der Waals surface area contributed by atoms with Crippen molar-refractivity contribution in [2.24, 2.45) is 0 Å². The van der Waals surface area contributed by atoms with Crippen molar-refractivity contribution in [2.75, 3.05) is 33.3 Å². The maximum atomic E-state index is 13.5. The van der Waals surface area contributed by atoms with Crippen molar-refractivity contribution in [3.8, 4) is 5.75 Å². The average Bonchev–Trinajstić information content (AvgIpc) is 2.39. The third-order valence-corrected chi connectivity index (χ3v) is 3.81. The van der Waals surface area contributed by atoms with Crippen LogP contribution in [0.3, 0.4) is 0 Å². The van der Waals surface area contributed by atoms with Gasteiger partial charge < -0.3 is 10.1 Å². The van der Waals surface area contributed by atoms with E-state index in [0.29, 0.717) is 30.7 Å². The molecule has 2 rings (SSSR count). The van der Waals surface area contributed by atoms with E-state index < -0.39 is 12.2 Å². The fourth-order valence-electron chi connectivity index (χ4n) is 2.44. The maximum absolute atomic E-state index is 13.5. The van der Waals surface area contributed by atoms with Gasteiger partial charge in [-0.1, -0.05) is 15.9 Å². The molecule has 112 valence electrons. The lowest BCUT2D eigenvalue weighted by atomic mass is 10.0. The summed E-state index contributed by atoms with van der Waals surface area (Å²) >= 11 is 3.23. The number of hydrogen-bond acceptors (Lipinski definition) is 3. The highest BCUT2D eigenvalue weighted by Crippen LogP contribution is 2.42. The quantitative estimate of drug-likeness (QED) is 0.904. The Hall–Kier alpha value is -0.790. The predicted molar refractivity (Wildman–Crippen MR) is 73.9 cm³/mol. The largest absolute Gasteiger partial charge is 0.496 e. The minimum atomic E-state index is -4.34. The first-order valence-electron chi connectivity index (χ1n) is 6.28. The van der Waals surface area contributed by atoms with Gasteiger partial charge in [-0.05, 0) is 18.2 Å². The third-order valence-electron chi connectivity index (χ3n) is 3.31. The van der Waals surface area contributed by atoms with Crippen LogP contribution in [0.4, 0.5) is 13.2 Å². The average molecular weight is 353 g/mol. The monoisotopic (exact) mass is 352 g/mol. The lowest BCUT2D eigenvalue weighted by Crippen LogP contribution is -2.49. The molecule has 0 aromatic heterocycles. The highest BCUT2D eigenvalue weighted by molar-refractivity contribution is 9.10. The van der Waals surface area contributed by atoms with Crippen molar-refractivity contribution in [1.82, 2.24) is 10.2 Å². The van der Waals surface area contributed by atoms with Gasteiger partial charge in [-0.15, -0.1) is 0 Å². The summed E-state index contributed by atoms with van der Waals surface area (Å²) in [5.41, 5.74) is 0.149. The molecule has 1 aromatic rings. The number of alkyl halides is 3. The standard InChI is InChI=1S/C13H16BrF3N2O/c1-20-11-3-2-9(14)8-10(11)12(13(15,16)17)19-6-4-18-5-7-19/h2-3,8,12,18H,4-7H2,1H3/t12-/m1/s1. The summed E-state index contributed by atoms with van der Waals surface area (Å²) in [5, 5.41) is 3.06. The van der Waals surface area contributed by atoms with Crippen LogP contribution in [0.1, 0.15) is 11.6 Å². The van der Waals surface area contributed by atoms with Crippen LogP contribution in [-0.2, 0) is 0 Å². The van der Waals surface area contributed by atoms with Gasteiger partial charge in [0.05, 0.1) is 7.11 Å². The Morgan fingerprint density at radius 1 is 1.30 bits per heavy atom. The van der Waals surface area contributed by atoms with Gasteiger partial charge in [0.25, 0.3) is 0 Å². The van der Waals surface area contributed by atoms with E-state index in [1.165, 1.54) is 18.1 Å². The number of benzene rings is 1. The second-order valence-electron chi connectivity index (χ2n) is 4.62. The van der Waals surface area contributed by atoms with Crippen LogP contribution in [0.5, 0.6) is 5.75 Å². The zero-order valence-electron chi connectivity index (χ0n) is 11.0. The number of methoxy groups -OCH3 is 1. The fraction of sp³-hybridized carbons (Fsp3) is 0.538. The molecule has 0 amide bonds. The molecular formula is C13H16BrF3N2O. The first-order chi connectivity index (χ1) is 9.43. The number of nitrogens with zero attached hydrogens (tertiary/aromatic N) is 1. The second kappa shape index (κ2) is 6.32. The summed E-state index contributed by atoms with van der Waals surface area (Å²) in [5.74, 6) is 0.258. The highest BCUT2D eigenvalue weighted by atomic mass is 79.9. The molecule has 0 bridgehead atoms. The normalized spacial score (nSPS) is 18.9. The van der Waals surface area contributed by atoms with E-state index in [9.17, 15) is 13.2 Å². The summed E-state index contributed by atoms with van der Waals surface area (Å²) < 4.78 is 46.2. The van der Waals surface area contributed by atoms with Crippen LogP contribution in [0, 0.1) is 0 Å². The van der Waals surface area contributed by atoms with Crippen molar-refractivity contribution < 1.29 is 17.9 Å². The van der Waals surface area contributed by atoms with Gasteiger partial charge in [0.15, 0.2) is 0 Å². The molecule has 0 saturated carbocycles. The first kappa shape index (κ1) is 15.6. The van der Waals surface area contributed by atoms with Crippen molar-refractivity contribution in [3.63, 3.8) is 0 Å². The molecule has 1 aliphatic heterocycles. The van der Waals surface area contributed by atoms with Crippen LogP contribution in [-0.4, -0.2) is 44.4 Å². The molecule has 0 spiro atoms. The molecule has 1 aromatic carbocycles. The maximum Gasteiger partial charge on any atom is 0.408 e. The molecule has 1 heterocycles. The van der Waals surface area contributed by atoms with Crippen LogP contribution in [0.2, 0.25) is 0 Å². The zero-order chi connectivity index (χ0) is 14.8. The molecule has 0 aliphatic carbocycles. The molecule has 20 heavy (non-hydrogen) atoms. The SMILES string of the molecule is COc1ccc(Br)cc1[C@@H](N1CCNCC1)C(F)(F)F. The van der Waals surface area contributed by atoms with Crippen LogP contribution < -0.4 is 10.1 Å². The van der Waals surface area contributed by atoms with Gasteiger partial charge in [-0.25, -0.2) is 0 Å².